The maximum atomic E-state index is 5.92. The van der Waals surface area contributed by atoms with Crippen LogP contribution in [-0.4, -0.2) is 42.8 Å². The highest BCUT2D eigenvalue weighted by Crippen LogP contribution is 2.30. The lowest BCUT2D eigenvalue weighted by molar-refractivity contribution is -0.0801. The van der Waals surface area contributed by atoms with Crippen LogP contribution in [0.3, 0.4) is 0 Å². The largest absolute Gasteiger partial charge is 0.376 e. The molecule has 1 heterocycles. The highest BCUT2D eigenvalue weighted by molar-refractivity contribution is 4.88. The van der Waals surface area contributed by atoms with E-state index in [1.165, 1.54) is 25.7 Å². The molecular formula is C13H26N2O. The van der Waals surface area contributed by atoms with Gasteiger partial charge in [-0.05, 0) is 39.2 Å². The van der Waals surface area contributed by atoms with Crippen molar-refractivity contribution in [2.45, 2.75) is 57.7 Å². The van der Waals surface area contributed by atoms with Gasteiger partial charge in [-0.25, -0.2) is 0 Å². The van der Waals surface area contributed by atoms with E-state index in [0.717, 1.165) is 19.7 Å². The standard InChI is InChI=1S/C13H26N2O/c1-10-9-16-11(2)8-15(10)13-6-4-3-5-12(13)7-14/h10-13H,3-9,14H2,1-2H3. The summed E-state index contributed by atoms with van der Waals surface area (Å²) in [5, 5.41) is 0. The molecule has 16 heavy (non-hydrogen) atoms. The van der Waals surface area contributed by atoms with Crippen molar-refractivity contribution in [3.63, 3.8) is 0 Å². The van der Waals surface area contributed by atoms with Crippen LogP contribution >= 0.6 is 0 Å². The fraction of sp³-hybridized carbons (Fsp3) is 1.00. The highest BCUT2D eigenvalue weighted by atomic mass is 16.5. The maximum absolute atomic E-state index is 5.92. The van der Waals surface area contributed by atoms with Gasteiger partial charge in [0.1, 0.15) is 0 Å². The molecule has 0 aromatic carbocycles. The molecule has 0 radical (unpaired) electrons. The molecular weight excluding hydrogens is 200 g/mol. The SMILES string of the molecule is CC1CN(C2CCCCC2CN)C(C)CO1. The third-order valence-corrected chi connectivity index (χ3v) is 4.25. The predicted molar refractivity (Wildman–Crippen MR) is 66.4 cm³/mol. The van der Waals surface area contributed by atoms with E-state index in [4.69, 9.17) is 10.5 Å². The van der Waals surface area contributed by atoms with Gasteiger partial charge in [-0.2, -0.15) is 0 Å². The van der Waals surface area contributed by atoms with E-state index in [-0.39, 0.29) is 0 Å². The number of nitrogens with two attached hydrogens (primary N) is 1. The van der Waals surface area contributed by atoms with Crippen molar-refractivity contribution in [1.29, 1.82) is 0 Å². The Hall–Kier alpha value is -0.120. The molecule has 2 aliphatic rings. The van der Waals surface area contributed by atoms with Crippen LogP contribution < -0.4 is 5.73 Å². The average Bonchev–Trinajstić information content (AvgIpc) is 2.32. The van der Waals surface area contributed by atoms with Crippen molar-refractivity contribution in [3.05, 3.63) is 0 Å². The minimum absolute atomic E-state index is 0.386. The molecule has 0 amide bonds. The molecule has 0 aromatic rings. The summed E-state index contributed by atoms with van der Waals surface area (Å²) < 4.78 is 5.71. The Morgan fingerprint density at radius 2 is 2.00 bits per heavy atom. The summed E-state index contributed by atoms with van der Waals surface area (Å²) in [6.07, 6.45) is 5.78. The van der Waals surface area contributed by atoms with Crippen LogP contribution in [0.4, 0.5) is 0 Å². The molecule has 2 N–H and O–H groups in total. The summed E-state index contributed by atoms with van der Waals surface area (Å²) in [6, 6.07) is 1.27. The third kappa shape index (κ3) is 2.58. The first kappa shape index (κ1) is 12.3. The Morgan fingerprint density at radius 1 is 1.25 bits per heavy atom. The van der Waals surface area contributed by atoms with Gasteiger partial charge in [0, 0.05) is 18.6 Å². The van der Waals surface area contributed by atoms with Crippen LogP contribution in [-0.2, 0) is 4.74 Å². The van der Waals surface area contributed by atoms with Crippen molar-refractivity contribution in [3.8, 4) is 0 Å². The van der Waals surface area contributed by atoms with Gasteiger partial charge in [0.25, 0.3) is 0 Å². The van der Waals surface area contributed by atoms with E-state index in [1.54, 1.807) is 0 Å². The lowest BCUT2D eigenvalue weighted by Crippen LogP contribution is -2.55. The highest BCUT2D eigenvalue weighted by Gasteiger charge is 2.34. The van der Waals surface area contributed by atoms with Gasteiger partial charge in [0.2, 0.25) is 0 Å². The van der Waals surface area contributed by atoms with E-state index >= 15 is 0 Å². The second-order valence-electron chi connectivity index (χ2n) is 5.54. The number of hydrogen-bond donors (Lipinski definition) is 1. The van der Waals surface area contributed by atoms with Gasteiger partial charge in [-0.15, -0.1) is 0 Å². The molecule has 1 saturated carbocycles. The molecule has 1 aliphatic heterocycles. The molecule has 0 spiro atoms. The van der Waals surface area contributed by atoms with Crippen molar-refractivity contribution < 1.29 is 4.74 Å². The lowest BCUT2D eigenvalue weighted by atomic mass is 9.82. The van der Waals surface area contributed by atoms with E-state index in [2.05, 4.69) is 18.7 Å². The molecule has 4 unspecified atom stereocenters. The zero-order valence-electron chi connectivity index (χ0n) is 10.7. The van der Waals surface area contributed by atoms with Gasteiger partial charge >= 0.3 is 0 Å². The normalized spacial score (nSPS) is 42.2. The molecule has 94 valence electrons. The first-order valence-corrected chi connectivity index (χ1v) is 6.79. The molecule has 0 bridgehead atoms. The average molecular weight is 226 g/mol. The number of rotatable bonds is 2. The molecule has 3 nitrogen and oxygen atoms in total. The summed E-state index contributed by atoms with van der Waals surface area (Å²) >= 11 is 0. The molecule has 4 atom stereocenters. The predicted octanol–water partition coefficient (Wildman–Crippen LogP) is 1.61. The Morgan fingerprint density at radius 3 is 2.75 bits per heavy atom. The molecule has 1 saturated heterocycles. The third-order valence-electron chi connectivity index (χ3n) is 4.25. The summed E-state index contributed by atoms with van der Waals surface area (Å²) in [4.78, 5) is 2.66. The number of ether oxygens (including phenoxy) is 1. The fourth-order valence-corrected chi connectivity index (χ4v) is 3.29. The zero-order valence-corrected chi connectivity index (χ0v) is 10.7. The summed E-state index contributed by atoms with van der Waals surface area (Å²) in [6.45, 7) is 7.29. The molecule has 3 heteroatoms. The Kier molecular flexibility index (Phi) is 4.22. The second kappa shape index (κ2) is 5.48. The van der Waals surface area contributed by atoms with Crippen LogP contribution in [0.1, 0.15) is 39.5 Å². The van der Waals surface area contributed by atoms with Crippen LogP contribution in [0.15, 0.2) is 0 Å². The molecule has 0 aromatic heterocycles. The van der Waals surface area contributed by atoms with E-state index < -0.39 is 0 Å². The van der Waals surface area contributed by atoms with Crippen LogP contribution in [0, 0.1) is 5.92 Å². The molecule has 2 rings (SSSR count). The zero-order chi connectivity index (χ0) is 11.5. The first-order chi connectivity index (χ1) is 7.72. The number of nitrogens with zero attached hydrogens (tertiary/aromatic N) is 1. The van der Waals surface area contributed by atoms with Gasteiger partial charge in [-0.3, -0.25) is 4.90 Å². The monoisotopic (exact) mass is 226 g/mol. The second-order valence-corrected chi connectivity index (χ2v) is 5.54. The van der Waals surface area contributed by atoms with Gasteiger partial charge in [0.15, 0.2) is 0 Å². The minimum Gasteiger partial charge on any atom is -0.376 e. The van der Waals surface area contributed by atoms with Crippen molar-refractivity contribution in [2.75, 3.05) is 19.7 Å². The number of hydrogen-bond acceptors (Lipinski definition) is 3. The summed E-state index contributed by atoms with van der Waals surface area (Å²) in [7, 11) is 0. The lowest BCUT2D eigenvalue weighted by Gasteiger charge is -2.46. The smallest absolute Gasteiger partial charge is 0.0674 e. The first-order valence-electron chi connectivity index (χ1n) is 6.79. The Labute approximate surface area is 99.3 Å². The van der Waals surface area contributed by atoms with Gasteiger partial charge in [-0.1, -0.05) is 12.8 Å². The van der Waals surface area contributed by atoms with Gasteiger partial charge < -0.3 is 10.5 Å². The van der Waals surface area contributed by atoms with Crippen LogP contribution in [0.2, 0.25) is 0 Å². The Balaban J connectivity index is 2.02. The molecule has 2 fully saturated rings. The van der Waals surface area contributed by atoms with Crippen molar-refractivity contribution in [2.24, 2.45) is 11.7 Å². The van der Waals surface area contributed by atoms with Crippen LogP contribution in [0.5, 0.6) is 0 Å². The maximum Gasteiger partial charge on any atom is 0.0674 e. The quantitative estimate of drug-likeness (QED) is 0.777. The Bertz CT molecular complexity index is 222. The van der Waals surface area contributed by atoms with Crippen molar-refractivity contribution in [1.82, 2.24) is 4.90 Å². The number of morpholine rings is 1. The summed E-state index contributed by atoms with van der Waals surface area (Å²) in [5.74, 6) is 0.710. The summed E-state index contributed by atoms with van der Waals surface area (Å²) in [5.41, 5.74) is 5.92. The van der Waals surface area contributed by atoms with Gasteiger partial charge in [0.05, 0.1) is 12.7 Å². The van der Waals surface area contributed by atoms with Crippen molar-refractivity contribution >= 4 is 0 Å². The van der Waals surface area contributed by atoms with Crippen LogP contribution in [0.25, 0.3) is 0 Å². The van der Waals surface area contributed by atoms with E-state index in [1.807, 2.05) is 0 Å². The van der Waals surface area contributed by atoms with E-state index in [0.29, 0.717) is 24.1 Å². The topological polar surface area (TPSA) is 38.5 Å². The molecule has 1 aliphatic carbocycles. The fourth-order valence-electron chi connectivity index (χ4n) is 3.29. The van der Waals surface area contributed by atoms with E-state index in [9.17, 15) is 0 Å². The minimum atomic E-state index is 0.386.